The molecule has 4 rings (SSSR count). The van der Waals surface area contributed by atoms with Crippen LogP contribution in [0.15, 0.2) is 72.8 Å². The van der Waals surface area contributed by atoms with Gasteiger partial charge in [-0.3, -0.25) is 9.59 Å². The van der Waals surface area contributed by atoms with Crippen LogP contribution in [0.25, 0.3) is 0 Å². The second-order valence-electron chi connectivity index (χ2n) is 7.07. The number of hydrogen-bond acceptors (Lipinski definition) is 3. The number of rotatable bonds is 6. The monoisotopic (exact) mass is 420 g/mol. The van der Waals surface area contributed by atoms with Gasteiger partial charge in [-0.25, -0.2) is 0 Å². The summed E-state index contributed by atoms with van der Waals surface area (Å²) < 4.78 is 5.89. The number of nitrogens with one attached hydrogen (secondary N) is 1. The van der Waals surface area contributed by atoms with Crippen LogP contribution >= 0.6 is 11.6 Å². The van der Waals surface area contributed by atoms with Gasteiger partial charge in [-0.2, -0.15) is 0 Å². The molecule has 2 amide bonds. The summed E-state index contributed by atoms with van der Waals surface area (Å²) in [6, 6.07) is 21.9. The first-order valence-corrected chi connectivity index (χ1v) is 10.2. The predicted octanol–water partition coefficient (Wildman–Crippen LogP) is 5.44. The number of para-hydroxylation sites is 3. The molecule has 0 aliphatic carbocycles. The van der Waals surface area contributed by atoms with Crippen molar-refractivity contribution in [3.8, 4) is 11.5 Å². The second kappa shape index (κ2) is 9.01. The maximum atomic E-state index is 12.6. The minimum Gasteiger partial charge on any atom is -0.454 e. The van der Waals surface area contributed by atoms with Gasteiger partial charge in [-0.15, -0.1) is 0 Å². The molecule has 6 heteroatoms. The van der Waals surface area contributed by atoms with Crippen LogP contribution in [0.2, 0.25) is 5.02 Å². The molecular weight excluding hydrogens is 400 g/mol. The highest BCUT2D eigenvalue weighted by Gasteiger charge is 2.21. The number of carbonyl (C=O) groups excluding carboxylic acids is 2. The highest BCUT2D eigenvalue weighted by Crippen LogP contribution is 2.33. The van der Waals surface area contributed by atoms with E-state index in [1.165, 1.54) is 0 Å². The Morgan fingerprint density at radius 1 is 0.967 bits per heavy atom. The van der Waals surface area contributed by atoms with Crippen molar-refractivity contribution in [3.63, 3.8) is 0 Å². The molecule has 0 unspecified atom stereocenters. The minimum absolute atomic E-state index is 0.149. The van der Waals surface area contributed by atoms with Crippen LogP contribution in [-0.2, 0) is 16.0 Å². The fraction of sp³-hybridized carbons (Fsp3) is 0.167. The number of ether oxygens (including phenoxy) is 1. The topological polar surface area (TPSA) is 58.6 Å². The van der Waals surface area contributed by atoms with E-state index < -0.39 is 0 Å². The zero-order valence-electron chi connectivity index (χ0n) is 16.3. The molecule has 0 atom stereocenters. The molecular formula is C24H21ClN2O3. The average Bonchev–Trinajstić information content (AvgIpc) is 3.17. The van der Waals surface area contributed by atoms with Crippen LogP contribution in [0, 0.1) is 0 Å². The molecule has 1 N–H and O–H groups in total. The van der Waals surface area contributed by atoms with Crippen LogP contribution in [0.4, 0.5) is 11.4 Å². The lowest BCUT2D eigenvalue weighted by atomic mass is 10.1. The van der Waals surface area contributed by atoms with E-state index >= 15 is 0 Å². The van der Waals surface area contributed by atoms with E-state index in [0.717, 1.165) is 24.2 Å². The Morgan fingerprint density at radius 2 is 1.67 bits per heavy atom. The van der Waals surface area contributed by atoms with Crippen molar-refractivity contribution >= 4 is 34.8 Å². The SMILES string of the molecule is O=C(Cc1ccc(N2CCCC2=O)cc1)Nc1ccccc1Oc1ccccc1Cl. The lowest BCUT2D eigenvalue weighted by Gasteiger charge is -2.16. The van der Waals surface area contributed by atoms with Crippen LogP contribution in [0.1, 0.15) is 18.4 Å². The quantitative estimate of drug-likeness (QED) is 0.577. The molecule has 0 bridgehead atoms. The fourth-order valence-corrected chi connectivity index (χ4v) is 3.57. The predicted molar refractivity (Wildman–Crippen MR) is 118 cm³/mol. The number of halogens is 1. The molecule has 5 nitrogen and oxygen atoms in total. The van der Waals surface area contributed by atoms with Crippen molar-refractivity contribution in [3.05, 3.63) is 83.4 Å². The second-order valence-corrected chi connectivity index (χ2v) is 7.48. The Labute approximate surface area is 180 Å². The van der Waals surface area contributed by atoms with Gasteiger partial charge in [0.1, 0.15) is 5.75 Å². The maximum Gasteiger partial charge on any atom is 0.228 e. The Kier molecular flexibility index (Phi) is 6.00. The normalized spacial score (nSPS) is 13.4. The third-order valence-corrected chi connectivity index (χ3v) is 5.22. The van der Waals surface area contributed by atoms with E-state index in [4.69, 9.17) is 16.3 Å². The van der Waals surface area contributed by atoms with E-state index in [1.807, 2.05) is 48.5 Å². The Morgan fingerprint density at radius 3 is 2.37 bits per heavy atom. The number of anilines is 2. The summed E-state index contributed by atoms with van der Waals surface area (Å²) in [5, 5.41) is 3.40. The summed E-state index contributed by atoms with van der Waals surface area (Å²) in [5.41, 5.74) is 2.31. The van der Waals surface area contributed by atoms with Gasteiger partial charge in [0, 0.05) is 18.7 Å². The number of hydrogen-bond donors (Lipinski definition) is 1. The van der Waals surface area contributed by atoms with Gasteiger partial charge < -0.3 is 15.0 Å². The van der Waals surface area contributed by atoms with Crippen molar-refractivity contribution in [2.45, 2.75) is 19.3 Å². The highest BCUT2D eigenvalue weighted by atomic mass is 35.5. The number of nitrogens with zero attached hydrogens (tertiary/aromatic N) is 1. The average molecular weight is 421 g/mol. The molecule has 1 aliphatic heterocycles. The summed E-state index contributed by atoms with van der Waals surface area (Å²) in [7, 11) is 0. The largest absolute Gasteiger partial charge is 0.454 e. The highest BCUT2D eigenvalue weighted by molar-refractivity contribution is 6.32. The molecule has 3 aromatic carbocycles. The first-order chi connectivity index (χ1) is 14.6. The van der Waals surface area contributed by atoms with Crippen molar-refractivity contribution < 1.29 is 14.3 Å². The Balaban J connectivity index is 1.42. The molecule has 0 spiro atoms. The summed E-state index contributed by atoms with van der Waals surface area (Å²) in [5.74, 6) is 1.03. The first-order valence-electron chi connectivity index (χ1n) is 9.81. The van der Waals surface area contributed by atoms with Crippen LogP contribution in [0.3, 0.4) is 0 Å². The summed E-state index contributed by atoms with van der Waals surface area (Å²) in [4.78, 5) is 26.2. The van der Waals surface area contributed by atoms with Gasteiger partial charge in [0.05, 0.1) is 17.1 Å². The van der Waals surface area contributed by atoms with Gasteiger partial charge in [0.15, 0.2) is 5.75 Å². The van der Waals surface area contributed by atoms with Gasteiger partial charge in [0.25, 0.3) is 0 Å². The summed E-state index contributed by atoms with van der Waals surface area (Å²) >= 11 is 6.17. The minimum atomic E-state index is -0.157. The van der Waals surface area contributed by atoms with E-state index in [-0.39, 0.29) is 18.2 Å². The molecule has 1 saturated heterocycles. The van der Waals surface area contributed by atoms with E-state index in [0.29, 0.717) is 28.6 Å². The molecule has 0 aromatic heterocycles. The van der Waals surface area contributed by atoms with Crippen molar-refractivity contribution in [2.24, 2.45) is 0 Å². The van der Waals surface area contributed by atoms with E-state index in [2.05, 4.69) is 5.32 Å². The summed E-state index contributed by atoms with van der Waals surface area (Å²) in [6.45, 7) is 0.751. The summed E-state index contributed by atoms with van der Waals surface area (Å²) in [6.07, 6.45) is 1.70. The van der Waals surface area contributed by atoms with Crippen molar-refractivity contribution in [1.29, 1.82) is 0 Å². The molecule has 3 aromatic rings. The van der Waals surface area contributed by atoms with Gasteiger partial charge in [-0.05, 0) is 48.4 Å². The number of benzene rings is 3. The maximum absolute atomic E-state index is 12.6. The molecule has 30 heavy (non-hydrogen) atoms. The van der Waals surface area contributed by atoms with Crippen molar-refractivity contribution in [2.75, 3.05) is 16.8 Å². The van der Waals surface area contributed by atoms with Crippen molar-refractivity contribution in [1.82, 2.24) is 0 Å². The van der Waals surface area contributed by atoms with E-state index in [1.54, 1.807) is 29.2 Å². The van der Waals surface area contributed by atoms with Crippen LogP contribution < -0.4 is 15.0 Å². The molecule has 1 fully saturated rings. The number of carbonyl (C=O) groups is 2. The Hall–Kier alpha value is -3.31. The third kappa shape index (κ3) is 4.63. The number of amides is 2. The lowest BCUT2D eigenvalue weighted by Crippen LogP contribution is -2.23. The zero-order valence-corrected chi connectivity index (χ0v) is 17.1. The molecule has 152 valence electrons. The van der Waals surface area contributed by atoms with Crippen LogP contribution in [0.5, 0.6) is 11.5 Å². The molecule has 0 saturated carbocycles. The van der Waals surface area contributed by atoms with E-state index in [9.17, 15) is 9.59 Å². The Bertz CT molecular complexity index is 1070. The standard InChI is InChI=1S/C24H21ClN2O3/c25-19-6-1-3-8-21(19)30-22-9-4-2-7-20(22)26-23(28)16-17-11-13-18(14-12-17)27-15-5-10-24(27)29/h1-4,6-9,11-14H,5,10,15-16H2,(H,26,28). The fourth-order valence-electron chi connectivity index (χ4n) is 3.40. The lowest BCUT2D eigenvalue weighted by molar-refractivity contribution is -0.117. The molecule has 1 heterocycles. The molecule has 1 aliphatic rings. The van der Waals surface area contributed by atoms with Gasteiger partial charge >= 0.3 is 0 Å². The third-order valence-electron chi connectivity index (χ3n) is 4.90. The zero-order chi connectivity index (χ0) is 20.9. The van der Waals surface area contributed by atoms with Crippen LogP contribution in [-0.4, -0.2) is 18.4 Å². The first kappa shape index (κ1) is 20.0. The molecule has 0 radical (unpaired) electrons. The van der Waals surface area contributed by atoms with Gasteiger partial charge in [-0.1, -0.05) is 48.0 Å². The van der Waals surface area contributed by atoms with Gasteiger partial charge in [0.2, 0.25) is 11.8 Å². The smallest absolute Gasteiger partial charge is 0.228 e.